The maximum atomic E-state index is 13.4. The average Bonchev–Trinajstić information content (AvgIpc) is 3.30. The van der Waals surface area contributed by atoms with Crippen LogP contribution in [0.3, 0.4) is 0 Å². The number of hydrogen-bond acceptors (Lipinski definition) is 6. The lowest BCUT2D eigenvalue weighted by atomic mass is 9.46. The van der Waals surface area contributed by atoms with Crippen LogP contribution in [0.2, 0.25) is 0 Å². The topological polar surface area (TPSA) is 55.8 Å². The van der Waals surface area contributed by atoms with Crippen LogP contribution in [-0.4, -0.2) is 42.1 Å². The van der Waals surface area contributed by atoms with Gasteiger partial charge in [0, 0.05) is 17.4 Å². The van der Waals surface area contributed by atoms with Gasteiger partial charge in [-0.15, -0.1) is 11.8 Å². The Balaban J connectivity index is 1.86. The Bertz CT molecular complexity index is 1030. The normalized spacial score (nSPS) is 33.4. The molecule has 204 valence electrons. The maximum absolute atomic E-state index is 13.4. The molecule has 0 spiro atoms. The van der Waals surface area contributed by atoms with Crippen molar-refractivity contribution >= 4 is 29.5 Å². The van der Waals surface area contributed by atoms with Crippen molar-refractivity contribution in [2.45, 2.75) is 88.6 Å². The maximum Gasteiger partial charge on any atom is 0.315 e. The van der Waals surface area contributed by atoms with Gasteiger partial charge in [-0.25, -0.2) is 0 Å². The first-order valence-corrected chi connectivity index (χ1v) is 15.7. The summed E-state index contributed by atoms with van der Waals surface area (Å²) in [5.41, 5.74) is 1.10. The Morgan fingerprint density at radius 1 is 1.16 bits per heavy atom. The lowest BCUT2D eigenvalue weighted by Crippen LogP contribution is -2.64. The number of thioether (sulfide) groups is 2. The SMILES string of the molecule is CCCS/C=C1\CC[C@@H]2C3=C(C(C)C)CC[C@]3(C(=O)OC)CC[C@@]2(C)C1(O)C(OC)Sc1ccccc1. The number of carbonyl (C=O) groups is 1. The van der Waals surface area contributed by atoms with Gasteiger partial charge in [0.1, 0.15) is 11.0 Å². The van der Waals surface area contributed by atoms with E-state index in [2.05, 4.69) is 45.2 Å². The molecule has 6 heteroatoms. The number of benzene rings is 1. The zero-order valence-corrected chi connectivity index (χ0v) is 25.0. The Labute approximate surface area is 232 Å². The molecule has 1 aromatic rings. The second kappa shape index (κ2) is 11.5. The van der Waals surface area contributed by atoms with Gasteiger partial charge >= 0.3 is 5.97 Å². The Kier molecular flexibility index (Phi) is 8.94. The first kappa shape index (κ1) is 28.8. The number of ether oxygens (including phenoxy) is 2. The van der Waals surface area contributed by atoms with Gasteiger partial charge in [0.05, 0.1) is 12.5 Å². The summed E-state index contributed by atoms with van der Waals surface area (Å²) in [7, 11) is 3.24. The minimum absolute atomic E-state index is 0.0921. The van der Waals surface area contributed by atoms with Crippen LogP contribution < -0.4 is 0 Å². The highest BCUT2D eigenvalue weighted by molar-refractivity contribution is 8.02. The van der Waals surface area contributed by atoms with Crippen molar-refractivity contribution in [1.82, 2.24) is 0 Å². The standard InChI is InChI=1S/C31H44O4S2/c1-7-19-36-20-22-13-14-25-26-24(21(2)3)15-16-30(26,27(32)34-5)18-17-29(25,4)31(22,33)28(35-6)37-23-11-9-8-10-12-23/h8-12,20-21,25,28,33H,7,13-19H2,1-6H3/b22-20+/t25-,28?,29-,30+,31?/m1/s1. The van der Waals surface area contributed by atoms with Crippen LogP contribution in [0.4, 0.5) is 0 Å². The number of carbonyl (C=O) groups excluding carboxylic acids is 1. The predicted octanol–water partition coefficient (Wildman–Crippen LogP) is 7.63. The van der Waals surface area contributed by atoms with Crippen molar-refractivity contribution in [3.8, 4) is 0 Å². The fourth-order valence-corrected chi connectivity index (χ4v) is 9.47. The van der Waals surface area contributed by atoms with Crippen LogP contribution in [0.15, 0.2) is 57.4 Å². The summed E-state index contributed by atoms with van der Waals surface area (Å²) < 4.78 is 11.6. The molecule has 0 bridgehead atoms. The van der Waals surface area contributed by atoms with Gasteiger partial charge in [-0.05, 0) is 91.2 Å². The molecule has 1 aromatic carbocycles. The highest BCUT2D eigenvalue weighted by Crippen LogP contribution is 2.69. The number of esters is 1. The van der Waals surface area contributed by atoms with Gasteiger partial charge in [0.2, 0.25) is 0 Å². The molecule has 37 heavy (non-hydrogen) atoms. The van der Waals surface area contributed by atoms with E-state index in [1.807, 2.05) is 18.2 Å². The van der Waals surface area contributed by atoms with Gasteiger partial charge in [-0.3, -0.25) is 4.79 Å². The van der Waals surface area contributed by atoms with Crippen molar-refractivity contribution < 1.29 is 19.4 Å². The van der Waals surface area contributed by atoms with Crippen molar-refractivity contribution in [2.24, 2.45) is 22.7 Å². The van der Waals surface area contributed by atoms with Crippen LogP contribution in [0.25, 0.3) is 0 Å². The average molecular weight is 545 g/mol. The molecule has 2 saturated carbocycles. The molecule has 1 N–H and O–H groups in total. The molecule has 4 rings (SSSR count). The molecule has 0 saturated heterocycles. The van der Waals surface area contributed by atoms with E-state index in [4.69, 9.17) is 9.47 Å². The zero-order valence-electron chi connectivity index (χ0n) is 23.3. The van der Waals surface area contributed by atoms with Gasteiger partial charge in [0.25, 0.3) is 0 Å². The molecular weight excluding hydrogens is 500 g/mol. The first-order valence-electron chi connectivity index (χ1n) is 13.8. The van der Waals surface area contributed by atoms with Gasteiger partial charge < -0.3 is 14.6 Å². The van der Waals surface area contributed by atoms with Crippen molar-refractivity contribution in [1.29, 1.82) is 0 Å². The van der Waals surface area contributed by atoms with E-state index in [-0.39, 0.29) is 11.9 Å². The molecule has 5 atom stereocenters. The number of rotatable bonds is 9. The molecule has 0 radical (unpaired) electrons. The van der Waals surface area contributed by atoms with E-state index in [9.17, 15) is 9.90 Å². The number of aliphatic hydroxyl groups is 1. The van der Waals surface area contributed by atoms with Crippen LogP contribution in [0.5, 0.6) is 0 Å². The lowest BCUT2D eigenvalue weighted by molar-refractivity contribution is -0.170. The number of allylic oxidation sites excluding steroid dienone is 1. The third-order valence-corrected chi connectivity index (χ3v) is 11.7. The van der Waals surface area contributed by atoms with Gasteiger partial charge in [0.15, 0.2) is 0 Å². The molecule has 0 heterocycles. The Hall–Kier alpha value is -1.21. The lowest BCUT2D eigenvalue weighted by Gasteiger charge is -2.61. The smallest absolute Gasteiger partial charge is 0.315 e. The largest absolute Gasteiger partial charge is 0.468 e. The van der Waals surface area contributed by atoms with E-state index in [0.717, 1.165) is 54.7 Å². The molecule has 3 aliphatic rings. The summed E-state index contributed by atoms with van der Waals surface area (Å²) in [6.45, 7) is 8.93. The van der Waals surface area contributed by atoms with Crippen LogP contribution in [0.1, 0.15) is 72.6 Å². The van der Waals surface area contributed by atoms with Crippen LogP contribution in [-0.2, 0) is 14.3 Å². The second-order valence-corrected chi connectivity index (χ2v) is 13.6. The summed E-state index contributed by atoms with van der Waals surface area (Å²) in [4.78, 5) is 14.5. The minimum Gasteiger partial charge on any atom is -0.468 e. The zero-order chi connectivity index (χ0) is 26.8. The Morgan fingerprint density at radius 2 is 1.89 bits per heavy atom. The minimum atomic E-state index is -1.17. The second-order valence-electron chi connectivity index (χ2n) is 11.5. The van der Waals surface area contributed by atoms with Gasteiger partial charge in [-0.1, -0.05) is 63.2 Å². The number of hydrogen-bond donors (Lipinski definition) is 1. The highest BCUT2D eigenvalue weighted by atomic mass is 32.2. The van der Waals surface area contributed by atoms with Crippen LogP contribution in [0, 0.1) is 22.7 Å². The monoisotopic (exact) mass is 544 g/mol. The summed E-state index contributed by atoms with van der Waals surface area (Å²) in [5, 5.41) is 15.3. The van der Waals surface area contributed by atoms with Crippen molar-refractivity contribution in [3.63, 3.8) is 0 Å². The highest BCUT2D eigenvalue weighted by Gasteiger charge is 2.67. The molecule has 2 unspecified atom stereocenters. The summed E-state index contributed by atoms with van der Waals surface area (Å²) in [6.07, 6.45) is 6.06. The number of methoxy groups -OCH3 is 2. The molecular formula is C31H44O4S2. The molecule has 3 aliphatic carbocycles. The fraction of sp³-hybridized carbons (Fsp3) is 0.645. The third kappa shape index (κ3) is 4.74. The molecule has 0 aliphatic heterocycles. The molecule has 2 fully saturated rings. The quantitative estimate of drug-likeness (QED) is 0.113. The summed E-state index contributed by atoms with van der Waals surface area (Å²) in [6, 6.07) is 10.2. The summed E-state index contributed by atoms with van der Waals surface area (Å²) in [5.74, 6) is 1.40. The van der Waals surface area contributed by atoms with E-state index in [1.165, 1.54) is 18.3 Å². The van der Waals surface area contributed by atoms with Crippen LogP contribution >= 0.6 is 23.5 Å². The molecule has 0 amide bonds. The predicted molar refractivity (Wildman–Crippen MR) is 154 cm³/mol. The van der Waals surface area contributed by atoms with E-state index >= 15 is 0 Å². The van der Waals surface area contributed by atoms with E-state index in [0.29, 0.717) is 12.3 Å². The first-order chi connectivity index (χ1) is 17.7. The number of fused-ring (bicyclic) bond motifs is 3. The van der Waals surface area contributed by atoms with Gasteiger partial charge in [-0.2, -0.15) is 0 Å². The molecule has 4 nitrogen and oxygen atoms in total. The third-order valence-electron chi connectivity index (χ3n) is 9.30. The van der Waals surface area contributed by atoms with Crippen molar-refractivity contribution in [3.05, 3.63) is 52.5 Å². The summed E-state index contributed by atoms with van der Waals surface area (Å²) >= 11 is 3.40. The van der Waals surface area contributed by atoms with Crippen molar-refractivity contribution in [2.75, 3.05) is 20.0 Å². The van der Waals surface area contributed by atoms with E-state index in [1.54, 1.807) is 30.6 Å². The fourth-order valence-electron chi connectivity index (χ4n) is 7.37. The van der Waals surface area contributed by atoms with E-state index < -0.39 is 21.9 Å². The molecule has 0 aromatic heterocycles. The Morgan fingerprint density at radius 3 is 2.51 bits per heavy atom.